The molecule has 2 heterocycles. The molecule has 1 N–H and O–H groups in total. The zero-order valence-corrected chi connectivity index (χ0v) is 16.1. The molecule has 0 saturated carbocycles. The van der Waals surface area contributed by atoms with Crippen LogP contribution in [0.5, 0.6) is 0 Å². The smallest absolute Gasteiger partial charge is 0.227 e. The highest BCUT2D eigenvalue weighted by atomic mass is 19.1. The fourth-order valence-electron chi connectivity index (χ4n) is 4.07. The lowest BCUT2D eigenvalue weighted by atomic mass is 10.0. The van der Waals surface area contributed by atoms with Gasteiger partial charge in [0.25, 0.3) is 0 Å². The molecule has 0 bridgehead atoms. The Balaban J connectivity index is 1.39. The second-order valence-electron chi connectivity index (χ2n) is 7.74. The van der Waals surface area contributed by atoms with Crippen molar-refractivity contribution in [2.75, 3.05) is 31.1 Å². The molecular weight excluding hydrogens is 345 g/mol. The van der Waals surface area contributed by atoms with Gasteiger partial charge in [0, 0.05) is 25.6 Å². The lowest BCUT2D eigenvalue weighted by molar-refractivity contribution is -0.126. The molecule has 2 aliphatic rings. The number of rotatable bonds is 7. The highest BCUT2D eigenvalue weighted by Crippen LogP contribution is 2.27. The van der Waals surface area contributed by atoms with Crippen molar-refractivity contribution in [3.8, 4) is 0 Å². The topological polar surface area (TPSA) is 52.7 Å². The van der Waals surface area contributed by atoms with Gasteiger partial charge in [-0.05, 0) is 57.8 Å². The first kappa shape index (κ1) is 19.8. The Kier molecular flexibility index (Phi) is 6.83. The third-order valence-corrected chi connectivity index (χ3v) is 5.75. The van der Waals surface area contributed by atoms with Crippen molar-refractivity contribution in [2.45, 2.75) is 51.5 Å². The summed E-state index contributed by atoms with van der Waals surface area (Å²) in [6.07, 6.45) is 6.05. The number of carbonyl (C=O) groups excluding carboxylic acids is 2. The molecular formula is C21H30FN3O2. The average molecular weight is 375 g/mol. The quantitative estimate of drug-likeness (QED) is 0.746. The van der Waals surface area contributed by atoms with E-state index in [0.717, 1.165) is 19.4 Å². The Hall–Kier alpha value is -1.95. The third kappa shape index (κ3) is 5.06. The van der Waals surface area contributed by atoms with Crippen molar-refractivity contribution in [1.82, 2.24) is 10.2 Å². The van der Waals surface area contributed by atoms with E-state index >= 15 is 0 Å². The minimum Gasteiger partial charge on any atom is -0.356 e. The van der Waals surface area contributed by atoms with Crippen LogP contribution in [0.25, 0.3) is 0 Å². The third-order valence-electron chi connectivity index (χ3n) is 5.75. The second-order valence-corrected chi connectivity index (χ2v) is 7.74. The van der Waals surface area contributed by atoms with E-state index in [1.54, 1.807) is 18.2 Å². The maximum atomic E-state index is 13.9. The Morgan fingerprint density at radius 3 is 2.85 bits per heavy atom. The minimum atomic E-state index is -0.432. The number of unbranched alkanes of at least 4 members (excludes halogenated alkanes) is 1. The normalized spacial score (nSPS) is 23.6. The van der Waals surface area contributed by atoms with Gasteiger partial charge in [0.2, 0.25) is 11.8 Å². The summed E-state index contributed by atoms with van der Waals surface area (Å²) in [5.74, 6) is -1.13. The first-order valence-electron chi connectivity index (χ1n) is 10.1. The van der Waals surface area contributed by atoms with Crippen molar-refractivity contribution in [3.05, 3.63) is 30.1 Å². The van der Waals surface area contributed by atoms with E-state index in [4.69, 9.17) is 0 Å². The number of piperidine rings is 1. The minimum absolute atomic E-state index is 0.103. The molecule has 5 nitrogen and oxygen atoms in total. The van der Waals surface area contributed by atoms with E-state index in [1.165, 1.54) is 36.8 Å². The summed E-state index contributed by atoms with van der Waals surface area (Å²) in [6, 6.07) is 6.87. The summed E-state index contributed by atoms with van der Waals surface area (Å²) in [5.41, 5.74) is 0.258. The highest BCUT2D eigenvalue weighted by molar-refractivity contribution is 6.00. The number of benzene rings is 1. The van der Waals surface area contributed by atoms with Crippen LogP contribution in [-0.2, 0) is 9.59 Å². The van der Waals surface area contributed by atoms with E-state index in [0.29, 0.717) is 12.6 Å². The first-order chi connectivity index (χ1) is 13.1. The Morgan fingerprint density at radius 1 is 1.26 bits per heavy atom. The largest absolute Gasteiger partial charge is 0.356 e. The number of hydrogen-bond donors (Lipinski definition) is 1. The van der Waals surface area contributed by atoms with Crippen LogP contribution in [-0.4, -0.2) is 48.9 Å². The van der Waals surface area contributed by atoms with Gasteiger partial charge in [-0.15, -0.1) is 0 Å². The summed E-state index contributed by atoms with van der Waals surface area (Å²) < 4.78 is 13.9. The lowest BCUT2D eigenvalue weighted by Gasteiger charge is -2.33. The molecule has 148 valence electrons. The number of amides is 2. The van der Waals surface area contributed by atoms with E-state index < -0.39 is 11.7 Å². The molecule has 27 heavy (non-hydrogen) atoms. The van der Waals surface area contributed by atoms with Crippen LogP contribution < -0.4 is 10.2 Å². The molecule has 0 radical (unpaired) electrons. The summed E-state index contributed by atoms with van der Waals surface area (Å²) >= 11 is 0. The molecule has 2 atom stereocenters. The molecule has 1 aromatic rings. The van der Waals surface area contributed by atoms with Crippen LogP contribution >= 0.6 is 0 Å². The molecule has 1 aromatic carbocycles. The van der Waals surface area contributed by atoms with Gasteiger partial charge in [-0.2, -0.15) is 0 Å². The van der Waals surface area contributed by atoms with E-state index in [-0.39, 0.29) is 30.5 Å². The van der Waals surface area contributed by atoms with Crippen molar-refractivity contribution < 1.29 is 14.0 Å². The van der Waals surface area contributed by atoms with Crippen LogP contribution in [0.3, 0.4) is 0 Å². The lowest BCUT2D eigenvalue weighted by Crippen LogP contribution is -2.38. The zero-order valence-electron chi connectivity index (χ0n) is 16.1. The monoisotopic (exact) mass is 375 g/mol. The predicted octanol–water partition coefficient (Wildman–Crippen LogP) is 2.95. The summed E-state index contributed by atoms with van der Waals surface area (Å²) in [4.78, 5) is 28.5. The maximum Gasteiger partial charge on any atom is 0.227 e. The number of likely N-dealkylation sites (tertiary alicyclic amines) is 1. The zero-order chi connectivity index (χ0) is 19.2. The van der Waals surface area contributed by atoms with E-state index in [9.17, 15) is 14.0 Å². The number of nitrogens with zero attached hydrogens (tertiary/aromatic N) is 2. The predicted molar refractivity (Wildman–Crippen MR) is 104 cm³/mol. The number of nitrogens with one attached hydrogen (secondary N) is 1. The summed E-state index contributed by atoms with van der Waals surface area (Å²) in [7, 11) is 0. The first-order valence-corrected chi connectivity index (χ1v) is 10.1. The second kappa shape index (κ2) is 9.31. The molecule has 3 rings (SSSR count). The molecule has 2 saturated heterocycles. The summed E-state index contributed by atoms with van der Waals surface area (Å²) in [6.45, 7) is 5.44. The SMILES string of the molecule is CC1CCCCN1CCCCNC(=O)C1CC(=O)N(c2ccccc2F)C1. The molecule has 0 spiro atoms. The average Bonchev–Trinajstić information content (AvgIpc) is 3.05. The molecule has 2 aliphatic heterocycles. The molecule has 2 amide bonds. The van der Waals surface area contributed by atoms with Gasteiger partial charge in [-0.3, -0.25) is 9.59 Å². The molecule has 2 unspecified atom stereocenters. The van der Waals surface area contributed by atoms with Crippen molar-refractivity contribution in [2.24, 2.45) is 5.92 Å². The van der Waals surface area contributed by atoms with Crippen molar-refractivity contribution in [1.29, 1.82) is 0 Å². The molecule has 2 fully saturated rings. The Bertz CT molecular complexity index is 667. The van der Waals surface area contributed by atoms with Gasteiger partial charge in [-0.1, -0.05) is 18.6 Å². The van der Waals surface area contributed by atoms with Crippen LogP contribution in [0.4, 0.5) is 10.1 Å². The Labute approximate surface area is 160 Å². The molecule has 0 aromatic heterocycles. The fourth-order valence-corrected chi connectivity index (χ4v) is 4.07. The number of hydrogen-bond acceptors (Lipinski definition) is 3. The van der Waals surface area contributed by atoms with Gasteiger partial charge >= 0.3 is 0 Å². The number of halogens is 1. The molecule has 6 heteroatoms. The van der Waals surface area contributed by atoms with Crippen LogP contribution in [0.1, 0.15) is 45.4 Å². The maximum absolute atomic E-state index is 13.9. The van der Waals surface area contributed by atoms with Crippen molar-refractivity contribution >= 4 is 17.5 Å². The fraction of sp³-hybridized carbons (Fsp3) is 0.619. The van der Waals surface area contributed by atoms with Gasteiger partial charge < -0.3 is 15.1 Å². The van der Waals surface area contributed by atoms with Gasteiger partial charge in [0.05, 0.1) is 11.6 Å². The van der Waals surface area contributed by atoms with Crippen LogP contribution in [0.2, 0.25) is 0 Å². The number of para-hydroxylation sites is 1. The highest BCUT2D eigenvalue weighted by Gasteiger charge is 2.35. The Morgan fingerprint density at radius 2 is 2.07 bits per heavy atom. The number of carbonyl (C=O) groups is 2. The van der Waals surface area contributed by atoms with Gasteiger partial charge in [0.15, 0.2) is 0 Å². The van der Waals surface area contributed by atoms with E-state index in [1.807, 2.05) is 0 Å². The van der Waals surface area contributed by atoms with Gasteiger partial charge in [0.1, 0.15) is 5.82 Å². The standard InChI is InChI=1S/C21H30FN3O2/c1-16-8-4-6-12-24(16)13-7-5-11-23-21(27)17-14-20(26)25(15-17)19-10-3-2-9-18(19)22/h2-3,9-10,16-17H,4-8,11-15H2,1H3,(H,23,27). The van der Waals surface area contributed by atoms with Gasteiger partial charge in [-0.25, -0.2) is 4.39 Å². The summed E-state index contributed by atoms with van der Waals surface area (Å²) in [5, 5.41) is 2.95. The van der Waals surface area contributed by atoms with Crippen LogP contribution in [0, 0.1) is 11.7 Å². The van der Waals surface area contributed by atoms with E-state index in [2.05, 4.69) is 17.1 Å². The van der Waals surface area contributed by atoms with Crippen molar-refractivity contribution in [3.63, 3.8) is 0 Å². The molecule has 0 aliphatic carbocycles. The number of anilines is 1. The van der Waals surface area contributed by atoms with Crippen LogP contribution in [0.15, 0.2) is 24.3 Å².